The molecule has 4 rings (SSSR count). The van der Waals surface area contributed by atoms with E-state index < -0.39 is 0 Å². The lowest BCUT2D eigenvalue weighted by atomic mass is 10.2. The Bertz CT molecular complexity index is 1180. The van der Waals surface area contributed by atoms with Crippen molar-refractivity contribution >= 4 is 62.9 Å². The monoisotopic (exact) mass is 433 g/mol. The van der Waals surface area contributed by atoms with Crippen molar-refractivity contribution in [2.75, 3.05) is 25.6 Å². The highest BCUT2D eigenvalue weighted by Crippen LogP contribution is 2.25. The highest BCUT2D eigenvalue weighted by atomic mass is 32.1. The molecule has 0 aliphatic rings. The molecular weight excluding hydrogens is 408 g/mol. The van der Waals surface area contributed by atoms with Crippen LogP contribution >= 0.6 is 22.7 Å². The van der Waals surface area contributed by atoms with Crippen molar-refractivity contribution in [1.82, 2.24) is 0 Å². The lowest BCUT2D eigenvalue weighted by Gasteiger charge is -2.11. The van der Waals surface area contributed by atoms with E-state index in [9.17, 15) is 5.11 Å². The molecule has 0 amide bonds. The zero-order chi connectivity index (χ0) is 20.9. The van der Waals surface area contributed by atoms with E-state index in [1.807, 2.05) is 6.07 Å². The first-order chi connectivity index (χ1) is 14.6. The molecule has 0 aliphatic heterocycles. The second-order valence-electron chi connectivity index (χ2n) is 7.18. The van der Waals surface area contributed by atoms with E-state index in [1.54, 1.807) is 22.7 Å². The summed E-state index contributed by atoms with van der Waals surface area (Å²) < 4.78 is 3.42. The van der Waals surface area contributed by atoms with Gasteiger partial charge in [0, 0.05) is 41.7 Å². The number of anilines is 1. The highest BCUT2D eigenvalue weighted by molar-refractivity contribution is 7.19. The summed E-state index contributed by atoms with van der Waals surface area (Å²) in [6.45, 7) is 0.741. The number of hydrogen-bond acceptors (Lipinski definition) is 4. The zero-order valence-corrected chi connectivity index (χ0v) is 18.8. The maximum atomic E-state index is 9.46. The molecule has 0 spiro atoms. The fourth-order valence-corrected chi connectivity index (χ4v) is 5.18. The Hall–Kier alpha value is -2.73. The van der Waals surface area contributed by atoms with Crippen molar-refractivity contribution in [2.24, 2.45) is 0 Å². The molecule has 3 nitrogen and oxygen atoms in total. The first-order valence-electron chi connectivity index (χ1n) is 9.89. The molecule has 152 valence electrons. The van der Waals surface area contributed by atoms with Crippen molar-refractivity contribution in [3.8, 4) is 0 Å². The average Bonchev–Trinajstić information content (AvgIpc) is 3.36. The van der Waals surface area contributed by atoms with Gasteiger partial charge in [-0.05, 0) is 48.0 Å². The molecule has 30 heavy (non-hydrogen) atoms. The Labute approximate surface area is 185 Å². The van der Waals surface area contributed by atoms with Gasteiger partial charge in [-0.25, -0.2) is 0 Å². The highest BCUT2D eigenvalue weighted by Gasteiger charge is 2.17. The van der Waals surface area contributed by atoms with E-state index in [-0.39, 0.29) is 6.61 Å². The van der Waals surface area contributed by atoms with Crippen molar-refractivity contribution in [3.63, 3.8) is 0 Å². The second kappa shape index (κ2) is 9.39. The van der Waals surface area contributed by atoms with E-state index in [4.69, 9.17) is 0 Å². The van der Waals surface area contributed by atoms with E-state index in [1.165, 1.54) is 31.2 Å². The molecule has 0 aliphatic carbocycles. The van der Waals surface area contributed by atoms with Crippen LogP contribution in [0.25, 0.3) is 34.5 Å². The average molecular weight is 434 g/mol. The van der Waals surface area contributed by atoms with Crippen molar-refractivity contribution in [1.29, 1.82) is 0 Å². The van der Waals surface area contributed by atoms with Crippen LogP contribution in [0.5, 0.6) is 0 Å². The summed E-state index contributed by atoms with van der Waals surface area (Å²) in [5.74, 6) is 0. The van der Waals surface area contributed by atoms with Gasteiger partial charge in [0.25, 0.3) is 5.01 Å². The van der Waals surface area contributed by atoms with Gasteiger partial charge in [0.05, 0.1) is 0 Å². The second-order valence-corrected chi connectivity index (χ2v) is 9.39. The number of fused-ring (bicyclic) bond motifs is 1. The number of thiazole rings is 1. The maximum Gasteiger partial charge on any atom is 0.262 e. The summed E-state index contributed by atoms with van der Waals surface area (Å²) in [6, 6.07) is 21.2. The van der Waals surface area contributed by atoms with Crippen LogP contribution < -0.4 is 9.47 Å². The molecule has 0 fully saturated rings. The lowest BCUT2D eigenvalue weighted by molar-refractivity contribution is -0.670. The van der Waals surface area contributed by atoms with Crippen LogP contribution in [0.2, 0.25) is 0 Å². The minimum atomic E-state index is 0.135. The normalized spacial score (nSPS) is 11.8. The number of aromatic nitrogens is 1. The van der Waals surface area contributed by atoms with Crippen LogP contribution in [0, 0.1) is 0 Å². The number of thiophene rings is 1. The summed E-state index contributed by atoms with van der Waals surface area (Å²) in [7, 11) is 4.10. The number of aliphatic hydroxyl groups excluding tert-OH is 1. The topological polar surface area (TPSA) is 27.4 Å². The van der Waals surface area contributed by atoms with E-state index >= 15 is 0 Å². The van der Waals surface area contributed by atoms with Gasteiger partial charge in [-0.1, -0.05) is 41.7 Å². The van der Waals surface area contributed by atoms with Crippen LogP contribution in [0.4, 0.5) is 5.69 Å². The molecule has 5 heteroatoms. The van der Waals surface area contributed by atoms with Crippen LogP contribution in [-0.2, 0) is 6.54 Å². The number of rotatable bonds is 7. The summed E-state index contributed by atoms with van der Waals surface area (Å²) in [4.78, 5) is 4.54. The van der Waals surface area contributed by atoms with Gasteiger partial charge in [0.2, 0.25) is 5.52 Å². The molecule has 4 aromatic rings. The van der Waals surface area contributed by atoms with Crippen molar-refractivity contribution < 1.29 is 9.67 Å². The van der Waals surface area contributed by atoms with E-state index in [2.05, 4.69) is 102 Å². The summed E-state index contributed by atoms with van der Waals surface area (Å²) >= 11 is 3.52. The fraction of sp³-hybridized carbons (Fsp3) is 0.160. The summed E-state index contributed by atoms with van der Waals surface area (Å²) in [6.07, 6.45) is 8.63. The molecule has 0 unspecified atom stereocenters. The molecular formula is C25H25N2OS2+. The zero-order valence-electron chi connectivity index (χ0n) is 17.2. The van der Waals surface area contributed by atoms with Gasteiger partial charge in [-0.2, -0.15) is 4.57 Å². The molecule has 2 aromatic carbocycles. The molecule has 0 atom stereocenters. The number of hydrogen-bond donors (Lipinski definition) is 1. The van der Waals surface area contributed by atoms with Gasteiger partial charge >= 0.3 is 0 Å². The lowest BCUT2D eigenvalue weighted by Crippen LogP contribution is -2.36. The van der Waals surface area contributed by atoms with Gasteiger partial charge in [-0.3, -0.25) is 0 Å². The maximum absolute atomic E-state index is 9.46. The summed E-state index contributed by atoms with van der Waals surface area (Å²) in [5.41, 5.74) is 3.57. The number of para-hydroxylation sites is 1. The van der Waals surface area contributed by atoms with Crippen LogP contribution in [0.3, 0.4) is 0 Å². The number of nitrogens with zero attached hydrogens (tertiary/aromatic N) is 2. The van der Waals surface area contributed by atoms with Gasteiger partial charge < -0.3 is 10.0 Å². The number of aliphatic hydroxyl groups is 1. The SMILES string of the molecule is CN(C)c1ccc(/C=C/c2ccc(/C=C/c3sc4ccccc4[n+]3CCO)s2)cc1. The first-order valence-corrected chi connectivity index (χ1v) is 11.5. The Morgan fingerprint density at radius 3 is 2.23 bits per heavy atom. The molecule has 0 bridgehead atoms. The predicted octanol–water partition coefficient (Wildman–Crippen LogP) is 5.65. The molecule has 2 aromatic heterocycles. The molecule has 0 saturated heterocycles. The van der Waals surface area contributed by atoms with Gasteiger partial charge in [0.1, 0.15) is 11.3 Å². The third kappa shape index (κ3) is 4.70. The molecule has 0 saturated carbocycles. The first kappa shape index (κ1) is 20.5. The quantitative estimate of drug-likeness (QED) is 0.381. The molecule has 0 radical (unpaired) electrons. The molecule has 1 N–H and O–H groups in total. The third-order valence-corrected chi connectivity index (χ3v) is 6.99. The van der Waals surface area contributed by atoms with Crippen LogP contribution in [0.1, 0.15) is 20.3 Å². The minimum absolute atomic E-state index is 0.135. The Morgan fingerprint density at radius 1 is 0.833 bits per heavy atom. The third-order valence-electron chi connectivity index (χ3n) is 4.85. The molecule has 2 heterocycles. The number of benzene rings is 2. The Balaban J connectivity index is 1.50. The van der Waals surface area contributed by atoms with Gasteiger partial charge in [-0.15, -0.1) is 11.3 Å². The van der Waals surface area contributed by atoms with Crippen molar-refractivity contribution in [2.45, 2.75) is 6.54 Å². The smallest absolute Gasteiger partial charge is 0.262 e. The van der Waals surface area contributed by atoms with E-state index in [0.29, 0.717) is 6.54 Å². The van der Waals surface area contributed by atoms with Gasteiger partial charge in [0.15, 0.2) is 6.54 Å². The standard InChI is InChI=1S/C25H25N2OS2/c1-26(2)20-10-7-19(8-11-20)9-12-21-13-14-22(29-21)15-16-25-27(17-18-28)23-5-3-4-6-24(23)30-25/h3-16,28H,17-18H2,1-2H3/q+1. The van der Waals surface area contributed by atoms with Crippen LogP contribution in [-0.4, -0.2) is 25.8 Å². The van der Waals surface area contributed by atoms with Crippen molar-refractivity contribution in [3.05, 3.63) is 81.0 Å². The summed E-state index contributed by atoms with van der Waals surface area (Å²) in [5, 5.41) is 10.6. The Kier molecular flexibility index (Phi) is 6.43. The van der Waals surface area contributed by atoms with E-state index in [0.717, 1.165) is 5.01 Å². The Morgan fingerprint density at radius 2 is 1.53 bits per heavy atom. The minimum Gasteiger partial charge on any atom is -0.390 e. The van der Waals surface area contributed by atoms with Crippen LogP contribution in [0.15, 0.2) is 60.7 Å². The largest absolute Gasteiger partial charge is 0.390 e. The predicted molar refractivity (Wildman–Crippen MR) is 132 cm³/mol. The fourth-order valence-electron chi connectivity index (χ4n) is 3.27.